The number of ether oxygens (including phenoxy) is 1. The first-order chi connectivity index (χ1) is 8.95. The Labute approximate surface area is 106 Å². The standard InChI is InChI=1S/C11H10F2N2O4/c1-14-11(18)15-8(16)5-19-10(17)9-6(12)3-2-4-7(9)13/h2-4H,5H2,1H3,(H2,14,15,16,18). The maximum Gasteiger partial charge on any atom is 0.344 e. The number of amides is 3. The highest BCUT2D eigenvalue weighted by atomic mass is 19.1. The normalized spacial score (nSPS) is 9.63. The molecule has 19 heavy (non-hydrogen) atoms. The molecule has 3 amide bonds. The number of rotatable bonds is 3. The van der Waals surface area contributed by atoms with Crippen molar-refractivity contribution < 1.29 is 27.9 Å². The third kappa shape index (κ3) is 4.02. The van der Waals surface area contributed by atoms with Crippen LogP contribution in [0.3, 0.4) is 0 Å². The molecule has 1 rings (SSSR count). The fraction of sp³-hybridized carbons (Fsp3) is 0.182. The van der Waals surface area contributed by atoms with Gasteiger partial charge in [0, 0.05) is 7.05 Å². The van der Waals surface area contributed by atoms with Crippen LogP contribution in [0.4, 0.5) is 13.6 Å². The molecule has 0 saturated heterocycles. The summed E-state index contributed by atoms with van der Waals surface area (Å²) in [7, 11) is 1.28. The summed E-state index contributed by atoms with van der Waals surface area (Å²) in [5, 5.41) is 3.91. The van der Waals surface area contributed by atoms with Crippen LogP contribution in [0.2, 0.25) is 0 Å². The van der Waals surface area contributed by atoms with E-state index in [4.69, 9.17) is 0 Å². The van der Waals surface area contributed by atoms with Crippen LogP contribution in [-0.4, -0.2) is 31.6 Å². The molecule has 0 aliphatic rings. The fourth-order valence-electron chi connectivity index (χ4n) is 1.12. The summed E-state index contributed by atoms with van der Waals surface area (Å²) in [5.74, 6) is -4.46. The molecule has 0 unspecified atom stereocenters. The van der Waals surface area contributed by atoms with Gasteiger partial charge in [0.15, 0.2) is 6.61 Å². The van der Waals surface area contributed by atoms with Crippen molar-refractivity contribution in [1.29, 1.82) is 0 Å². The molecule has 0 heterocycles. The van der Waals surface area contributed by atoms with Crippen molar-refractivity contribution in [2.24, 2.45) is 0 Å². The van der Waals surface area contributed by atoms with Crippen LogP contribution in [0.25, 0.3) is 0 Å². The van der Waals surface area contributed by atoms with Crippen LogP contribution in [0, 0.1) is 11.6 Å². The molecule has 8 heteroatoms. The van der Waals surface area contributed by atoms with Crippen LogP contribution in [-0.2, 0) is 9.53 Å². The number of nitrogens with one attached hydrogen (secondary N) is 2. The molecule has 102 valence electrons. The van der Waals surface area contributed by atoms with Crippen LogP contribution < -0.4 is 10.6 Å². The maximum atomic E-state index is 13.2. The van der Waals surface area contributed by atoms with Crippen LogP contribution in [0.5, 0.6) is 0 Å². The monoisotopic (exact) mass is 272 g/mol. The minimum Gasteiger partial charge on any atom is -0.452 e. The maximum absolute atomic E-state index is 13.2. The molecular formula is C11H10F2N2O4. The summed E-state index contributed by atoms with van der Waals surface area (Å²) in [5.41, 5.74) is -0.893. The van der Waals surface area contributed by atoms with Gasteiger partial charge in [-0.15, -0.1) is 0 Å². The summed E-state index contributed by atoms with van der Waals surface area (Å²) in [6.07, 6.45) is 0. The second kappa shape index (κ2) is 6.43. The molecule has 1 aromatic rings. The van der Waals surface area contributed by atoms with Gasteiger partial charge in [0.25, 0.3) is 5.91 Å². The van der Waals surface area contributed by atoms with Gasteiger partial charge in [0.05, 0.1) is 0 Å². The SMILES string of the molecule is CNC(=O)NC(=O)COC(=O)c1c(F)cccc1F. The minimum atomic E-state index is -1.33. The Morgan fingerprint density at radius 1 is 1.21 bits per heavy atom. The number of hydrogen-bond acceptors (Lipinski definition) is 4. The summed E-state index contributed by atoms with van der Waals surface area (Å²) in [4.78, 5) is 33.2. The summed E-state index contributed by atoms with van der Waals surface area (Å²) in [6, 6.07) is 2.05. The van der Waals surface area contributed by atoms with E-state index in [1.165, 1.54) is 7.05 Å². The van der Waals surface area contributed by atoms with E-state index in [0.29, 0.717) is 0 Å². The Balaban J connectivity index is 2.61. The predicted molar refractivity (Wildman–Crippen MR) is 59.2 cm³/mol. The van der Waals surface area contributed by atoms with Crippen molar-refractivity contribution >= 4 is 17.9 Å². The van der Waals surface area contributed by atoms with E-state index >= 15 is 0 Å². The largest absolute Gasteiger partial charge is 0.452 e. The number of hydrogen-bond donors (Lipinski definition) is 2. The molecule has 1 aromatic carbocycles. The van der Waals surface area contributed by atoms with E-state index in [1.807, 2.05) is 5.32 Å². The van der Waals surface area contributed by atoms with Crippen LogP contribution in [0.15, 0.2) is 18.2 Å². The molecule has 0 aliphatic carbocycles. The second-order valence-corrected chi connectivity index (χ2v) is 3.30. The van der Waals surface area contributed by atoms with Gasteiger partial charge < -0.3 is 10.1 Å². The third-order valence-electron chi connectivity index (χ3n) is 1.98. The van der Waals surface area contributed by atoms with Crippen molar-refractivity contribution in [2.45, 2.75) is 0 Å². The van der Waals surface area contributed by atoms with Gasteiger partial charge in [0.2, 0.25) is 0 Å². The molecule has 0 aliphatic heterocycles. The number of benzene rings is 1. The molecular weight excluding hydrogens is 262 g/mol. The topological polar surface area (TPSA) is 84.5 Å². The summed E-state index contributed by atoms with van der Waals surface area (Å²) in [6.45, 7) is -0.833. The van der Waals surface area contributed by atoms with Gasteiger partial charge in [-0.3, -0.25) is 10.1 Å². The van der Waals surface area contributed by atoms with E-state index in [0.717, 1.165) is 18.2 Å². The average molecular weight is 272 g/mol. The smallest absolute Gasteiger partial charge is 0.344 e. The zero-order valence-corrected chi connectivity index (χ0v) is 9.83. The first-order valence-corrected chi connectivity index (χ1v) is 5.08. The van der Waals surface area contributed by atoms with Crippen molar-refractivity contribution in [1.82, 2.24) is 10.6 Å². The first kappa shape index (κ1) is 14.6. The molecule has 0 spiro atoms. The number of carbonyl (C=O) groups excluding carboxylic acids is 3. The zero-order chi connectivity index (χ0) is 14.4. The number of imide groups is 1. The lowest BCUT2D eigenvalue weighted by atomic mass is 10.2. The Kier molecular flexibility index (Phi) is 4.92. The Bertz CT molecular complexity index is 499. The van der Waals surface area contributed by atoms with Crippen molar-refractivity contribution in [3.63, 3.8) is 0 Å². The quantitative estimate of drug-likeness (QED) is 0.788. The highest BCUT2D eigenvalue weighted by Gasteiger charge is 2.19. The number of halogens is 2. The van der Waals surface area contributed by atoms with Gasteiger partial charge in [-0.2, -0.15) is 0 Å². The molecule has 0 radical (unpaired) electrons. The predicted octanol–water partition coefficient (Wildman–Crippen LogP) is 0.577. The lowest BCUT2D eigenvalue weighted by Gasteiger charge is -2.06. The molecule has 0 fully saturated rings. The van der Waals surface area contributed by atoms with E-state index in [1.54, 1.807) is 0 Å². The Morgan fingerprint density at radius 3 is 2.32 bits per heavy atom. The van der Waals surface area contributed by atoms with Crippen molar-refractivity contribution in [2.75, 3.05) is 13.7 Å². The lowest BCUT2D eigenvalue weighted by Crippen LogP contribution is -2.39. The number of carbonyl (C=O) groups is 3. The lowest BCUT2D eigenvalue weighted by molar-refractivity contribution is -0.123. The van der Waals surface area contributed by atoms with Crippen LogP contribution in [0.1, 0.15) is 10.4 Å². The van der Waals surface area contributed by atoms with E-state index in [9.17, 15) is 23.2 Å². The minimum absolute atomic E-state index is 0.793. The van der Waals surface area contributed by atoms with Crippen molar-refractivity contribution in [3.8, 4) is 0 Å². The van der Waals surface area contributed by atoms with Gasteiger partial charge in [-0.05, 0) is 12.1 Å². The highest BCUT2D eigenvalue weighted by Crippen LogP contribution is 2.13. The molecule has 6 nitrogen and oxygen atoms in total. The Morgan fingerprint density at radius 2 is 1.79 bits per heavy atom. The van der Waals surface area contributed by atoms with E-state index in [-0.39, 0.29) is 0 Å². The van der Waals surface area contributed by atoms with E-state index in [2.05, 4.69) is 10.1 Å². The average Bonchev–Trinajstić information content (AvgIpc) is 2.36. The van der Waals surface area contributed by atoms with E-state index < -0.39 is 41.7 Å². The number of urea groups is 1. The Hall–Kier alpha value is -2.51. The van der Waals surface area contributed by atoms with Gasteiger partial charge in [-0.25, -0.2) is 18.4 Å². The van der Waals surface area contributed by atoms with Gasteiger partial charge >= 0.3 is 12.0 Å². The van der Waals surface area contributed by atoms with Crippen molar-refractivity contribution in [3.05, 3.63) is 35.4 Å². The van der Waals surface area contributed by atoms with Crippen LogP contribution >= 0.6 is 0 Å². The fourth-order valence-corrected chi connectivity index (χ4v) is 1.12. The zero-order valence-electron chi connectivity index (χ0n) is 9.83. The molecule has 0 bridgehead atoms. The second-order valence-electron chi connectivity index (χ2n) is 3.30. The molecule has 2 N–H and O–H groups in total. The molecule has 0 saturated carbocycles. The third-order valence-corrected chi connectivity index (χ3v) is 1.98. The summed E-state index contributed by atoms with van der Waals surface area (Å²) < 4.78 is 30.8. The molecule has 0 atom stereocenters. The van der Waals surface area contributed by atoms with Gasteiger partial charge in [0.1, 0.15) is 17.2 Å². The highest BCUT2D eigenvalue weighted by molar-refractivity contribution is 5.97. The first-order valence-electron chi connectivity index (χ1n) is 5.08. The van der Waals surface area contributed by atoms with Gasteiger partial charge in [-0.1, -0.05) is 6.07 Å². The number of esters is 1. The summed E-state index contributed by atoms with van der Waals surface area (Å²) >= 11 is 0. The molecule has 0 aromatic heterocycles.